The van der Waals surface area contributed by atoms with E-state index in [-0.39, 0.29) is 47.7 Å². The van der Waals surface area contributed by atoms with Crippen LogP contribution in [0.4, 0.5) is 0 Å². The first-order valence-corrected chi connectivity index (χ1v) is 18.2. The van der Waals surface area contributed by atoms with Crippen LogP contribution in [-0.4, -0.2) is 46.9 Å². The lowest BCUT2D eigenvalue weighted by Gasteiger charge is -2.35. The number of fused-ring (bicyclic) bond motifs is 2. The van der Waals surface area contributed by atoms with E-state index in [0.29, 0.717) is 59.8 Å². The third kappa shape index (κ3) is 7.16. The second-order valence-corrected chi connectivity index (χ2v) is 15.0. The van der Waals surface area contributed by atoms with Crippen molar-refractivity contribution >= 4 is 58.3 Å². The molecule has 270 valence electrons. The molecule has 52 heavy (non-hydrogen) atoms. The van der Waals surface area contributed by atoms with Gasteiger partial charge in [0.05, 0.1) is 34.1 Å². The van der Waals surface area contributed by atoms with E-state index in [1.807, 2.05) is 68.4 Å². The second-order valence-electron chi connectivity index (χ2n) is 13.8. The fourth-order valence-electron chi connectivity index (χ4n) is 7.24. The first kappa shape index (κ1) is 37.4. The number of Topliss-reactive ketones (excluding diaryl/α,β-unsaturated/α-hetero) is 2. The number of rotatable bonds is 13. The molecule has 0 heterocycles. The lowest BCUT2D eigenvalue weighted by molar-refractivity contribution is -0.138. The fourth-order valence-corrected chi connectivity index (χ4v) is 8.05. The van der Waals surface area contributed by atoms with Gasteiger partial charge in [0.25, 0.3) is 0 Å². The smallest absolute Gasteiger partial charge is 0.303 e. The van der Waals surface area contributed by atoms with Crippen molar-refractivity contribution in [3.8, 4) is 22.6 Å². The molecule has 2 aliphatic carbocycles. The first-order chi connectivity index (χ1) is 24.7. The van der Waals surface area contributed by atoms with Crippen molar-refractivity contribution in [2.24, 2.45) is 0 Å². The Morgan fingerprint density at radius 1 is 0.712 bits per heavy atom. The predicted octanol–water partition coefficient (Wildman–Crippen LogP) is 9.58. The van der Waals surface area contributed by atoms with E-state index in [1.165, 1.54) is 0 Å². The summed E-state index contributed by atoms with van der Waals surface area (Å²) in [7, 11) is 0. The van der Waals surface area contributed by atoms with E-state index in [0.717, 1.165) is 33.4 Å². The van der Waals surface area contributed by atoms with Crippen LogP contribution in [0.1, 0.15) is 88.9 Å². The molecule has 0 amide bonds. The van der Waals surface area contributed by atoms with Gasteiger partial charge in [0.1, 0.15) is 16.5 Å². The first-order valence-electron chi connectivity index (χ1n) is 17.1. The van der Waals surface area contributed by atoms with E-state index in [4.69, 9.17) is 54.5 Å². The van der Waals surface area contributed by atoms with Gasteiger partial charge in [0.2, 0.25) is 0 Å². The van der Waals surface area contributed by atoms with Gasteiger partial charge in [-0.05, 0) is 97.5 Å². The van der Waals surface area contributed by atoms with Crippen molar-refractivity contribution < 1.29 is 38.9 Å². The molecule has 11 heteroatoms. The summed E-state index contributed by atoms with van der Waals surface area (Å²) in [5.74, 6) is -1.21. The number of aliphatic carboxylic acids is 2. The number of ether oxygens (including phenoxy) is 2. The van der Waals surface area contributed by atoms with Crippen molar-refractivity contribution in [1.29, 1.82) is 0 Å². The number of ketones is 2. The Hall–Kier alpha value is -4.37. The van der Waals surface area contributed by atoms with Crippen LogP contribution < -0.4 is 9.47 Å². The highest BCUT2D eigenvalue weighted by molar-refractivity contribution is 6.45. The monoisotopic (exact) mass is 762 g/mol. The Balaban J connectivity index is 1.24. The Kier molecular flexibility index (Phi) is 10.7. The van der Waals surface area contributed by atoms with Gasteiger partial charge >= 0.3 is 11.9 Å². The van der Waals surface area contributed by atoms with E-state index < -0.39 is 22.8 Å². The molecule has 0 saturated heterocycles. The minimum atomic E-state index is -0.913. The number of carboxylic acids is 2. The van der Waals surface area contributed by atoms with Gasteiger partial charge < -0.3 is 19.7 Å². The van der Waals surface area contributed by atoms with Crippen molar-refractivity contribution in [2.45, 2.75) is 69.6 Å². The molecule has 0 aromatic heterocycles. The van der Waals surface area contributed by atoms with Gasteiger partial charge in [-0.15, -0.1) is 0 Å². The fraction of sp³-hybridized carbons (Fsp3) is 0.317. The lowest BCUT2D eigenvalue weighted by atomic mass is 9.67. The van der Waals surface area contributed by atoms with Crippen LogP contribution in [0.3, 0.4) is 0 Å². The molecule has 0 fully saturated rings. The molecule has 6 rings (SSSR count). The third-order valence-electron chi connectivity index (χ3n) is 10.2. The minimum Gasteiger partial charge on any atom is -0.494 e. The van der Waals surface area contributed by atoms with Crippen LogP contribution in [0.25, 0.3) is 11.1 Å². The highest BCUT2D eigenvalue weighted by Crippen LogP contribution is 2.47. The Labute approximate surface area is 316 Å². The quantitative estimate of drug-likeness (QED) is 0.129. The van der Waals surface area contributed by atoms with E-state index in [2.05, 4.69) is 0 Å². The van der Waals surface area contributed by atoms with Crippen LogP contribution in [0, 0.1) is 0 Å². The SMILES string of the molecule is C[C@]1(c2cccc(-c3cccc([C@]4(C)Cc5cc(OCCCC(=O)O)cc(Cl)c5C4=O)c3)c2)CCc2cc(OCCCC(=O)O)c(Cl)c(Cl)c2C1=O. The van der Waals surface area contributed by atoms with Gasteiger partial charge in [-0.1, -0.05) is 83.3 Å². The molecule has 8 nitrogen and oxygen atoms in total. The predicted molar refractivity (Wildman–Crippen MR) is 200 cm³/mol. The normalized spacial score (nSPS) is 19.2. The van der Waals surface area contributed by atoms with Gasteiger partial charge in [-0.2, -0.15) is 0 Å². The lowest BCUT2D eigenvalue weighted by Crippen LogP contribution is -2.37. The van der Waals surface area contributed by atoms with Crippen LogP contribution in [0.5, 0.6) is 11.5 Å². The molecule has 4 aromatic carbocycles. The van der Waals surface area contributed by atoms with Crippen molar-refractivity contribution in [2.75, 3.05) is 13.2 Å². The number of halogens is 3. The summed E-state index contributed by atoms with van der Waals surface area (Å²) >= 11 is 19.9. The Bertz CT molecular complexity index is 2110. The highest BCUT2D eigenvalue weighted by atomic mass is 35.5. The molecule has 0 saturated carbocycles. The molecule has 0 unspecified atom stereocenters. The number of carboxylic acid groups (broad SMARTS) is 2. The topological polar surface area (TPSA) is 127 Å². The number of aryl methyl sites for hydroxylation is 1. The molecule has 4 aromatic rings. The minimum absolute atomic E-state index is 0.00226. The van der Waals surface area contributed by atoms with E-state index in [9.17, 15) is 19.2 Å². The maximum atomic E-state index is 14.2. The summed E-state index contributed by atoms with van der Waals surface area (Å²) in [5, 5.41) is 18.4. The van der Waals surface area contributed by atoms with E-state index in [1.54, 1.807) is 12.1 Å². The summed E-state index contributed by atoms with van der Waals surface area (Å²) in [6.07, 6.45) is 2.12. The Morgan fingerprint density at radius 2 is 1.29 bits per heavy atom. The summed E-state index contributed by atoms with van der Waals surface area (Å²) in [6.45, 7) is 4.20. The number of carbonyl (C=O) groups excluding carboxylic acids is 2. The molecule has 2 N–H and O–H groups in total. The number of hydrogen-bond donors (Lipinski definition) is 2. The van der Waals surface area contributed by atoms with Crippen LogP contribution in [-0.2, 0) is 33.3 Å². The number of hydrogen-bond acceptors (Lipinski definition) is 6. The third-order valence-corrected chi connectivity index (χ3v) is 11.4. The molecule has 2 atom stereocenters. The number of carbonyl (C=O) groups is 4. The van der Waals surface area contributed by atoms with Crippen molar-refractivity contribution in [3.63, 3.8) is 0 Å². The van der Waals surface area contributed by atoms with Crippen molar-refractivity contribution in [1.82, 2.24) is 0 Å². The summed E-state index contributed by atoms with van der Waals surface area (Å²) in [4.78, 5) is 49.9. The zero-order valence-electron chi connectivity index (χ0n) is 28.7. The second kappa shape index (κ2) is 14.9. The molecule has 0 bridgehead atoms. The maximum absolute atomic E-state index is 14.2. The molecular formula is C41H37Cl3O8. The largest absolute Gasteiger partial charge is 0.494 e. The zero-order valence-corrected chi connectivity index (χ0v) is 31.0. The van der Waals surface area contributed by atoms with Crippen molar-refractivity contribution in [3.05, 3.63) is 115 Å². The Morgan fingerprint density at radius 3 is 1.90 bits per heavy atom. The zero-order chi connectivity index (χ0) is 37.4. The highest BCUT2D eigenvalue weighted by Gasteiger charge is 2.45. The molecular weight excluding hydrogens is 727 g/mol. The summed E-state index contributed by atoms with van der Waals surface area (Å²) in [6, 6.07) is 20.8. The standard InChI is InChI=1S/C41H37Cl3O8/c1-40(14-13-25-20-31(52-16-6-12-33(47)48)36(43)37(44)35(25)39(40)50)27-9-3-7-23(17-27)24-8-4-10-28(18-24)41(2)22-26-19-29(51-15-5-11-32(45)46)21-30(42)34(26)38(41)49/h3-4,7-10,17-21H,5-6,11-16,22H2,1-2H3,(H,45,46)(H,47,48)/t40-,41+/m1/s1. The van der Waals surface area contributed by atoms with Gasteiger partial charge in [-0.3, -0.25) is 19.2 Å². The average molecular weight is 764 g/mol. The molecule has 2 aliphatic rings. The van der Waals surface area contributed by atoms with Gasteiger partial charge in [0, 0.05) is 24.0 Å². The number of benzene rings is 4. The molecule has 0 aliphatic heterocycles. The maximum Gasteiger partial charge on any atom is 0.303 e. The molecule has 0 spiro atoms. The van der Waals surface area contributed by atoms with Crippen LogP contribution in [0.2, 0.25) is 15.1 Å². The summed E-state index contributed by atoms with van der Waals surface area (Å²) < 4.78 is 11.5. The van der Waals surface area contributed by atoms with Crippen LogP contribution >= 0.6 is 34.8 Å². The average Bonchev–Trinajstić information content (AvgIpc) is 3.38. The summed E-state index contributed by atoms with van der Waals surface area (Å²) in [5.41, 5.74) is 3.99. The van der Waals surface area contributed by atoms with Gasteiger partial charge in [-0.25, -0.2) is 0 Å². The van der Waals surface area contributed by atoms with Crippen LogP contribution in [0.15, 0.2) is 66.7 Å². The van der Waals surface area contributed by atoms with Gasteiger partial charge in [0.15, 0.2) is 11.6 Å². The van der Waals surface area contributed by atoms with E-state index >= 15 is 0 Å². The molecule has 0 radical (unpaired) electrons.